The Bertz CT molecular complexity index is 1070. The first-order valence-corrected chi connectivity index (χ1v) is 11.8. The van der Waals surface area contributed by atoms with E-state index in [1.165, 1.54) is 18.4 Å². The lowest BCUT2D eigenvalue weighted by molar-refractivity contribution is -0.133. The molecule has 1 aromatic carbocycles. The maximum absolute atomic E-state index is 13.6. The first kappa shape index (κ1) is 17.5. The zero-order chi connectivity index (χ0) is 20.6. The molecule has 0 N–H and O–H groups in total. The van der Waals surface area contributed by atoms with Crippen LogP contribution in [0.3, 0.4) is 0 Å². The second-order valence-electron chi connectivity index (χ2n) is 10.6. The van der Waals surface area contributed by atoms with Crippen molar-refractivity contribution in [2.75, 3.05) is 32.3 Å². The third kappa shape index (κ3) is 1.74. The number of carbonyl (C=O) groups is 1. The van der Waals surface area contributed by atoms with E-state index in [0.717, 1.165) is 24.4 Å². The van der Waals surface area contributed by atoms with Gasteiger partial charge in [-0.15, -0.1) is 0 Å². The zero-order valence-corrected chi connectivity index (χ0v) is 18.0. The van der Waals surface area contributed by atoms with Crippen LogP contribution in [0.2, 0.25) is 0 Å². The van der Waals surface area contributed by atoms with Crippen molar-refractivity contribution in [3.63, 3.8) is 0 Å². The standard InChI is InChI=1S/C25H28N2O4/c1-29-17-8-14-16(9-18(17)30-2)27-20(28)10-19-22-21-12(4-6-31-19)11-26-13-3-5-25(14,24(22)27)15(7-13)23(21)26/h4,8-9,13,15,19,21-24H,3,5-7,10-11H2,1-2H3/t13-,15-,19-,21+,22-,23+,24+,25-/m1/s1. The molecular formula is C25H28N2O4. The number of anilines is 1. The highest BCUT2D eigenvalue weighted by Gasteiger charge is 2.75. The van der Waals surface area contributed by atoms with Crippen LogP contribution in [0.1, 0.15) is 31.2 Å². The van der Waals surface area contributed by atoms with E-state index < -0.39 is 0 Å². The molecular weight excluding hydrogens is 392 g/mol. The molecule has 0 aromatic heterocycles. The summed E-state index contributed by atoms with van der Waals surface area (Å²) < 4.78 is 17.8. The van der Waals surface area contributed by atoms with E-state index in [0.29, 0.717) is 48.6 Å². The maximum Gasteiger partial charge on any atom is 0.229 e. The van der Waals surface area contributed by atoms with Crippen molar-refractivity contribution < 1.29 is 19.0 Å². The van der Waals surface area contributed by atoms with Gasteiger partial charge in [-0.3, -0.25) is 9.69 Å². The molecule has 7 aliphatic rings. The van der Waals surface area contributed by atoms with E-state index in [4.69, 9.17) is 14.2 Å². The first-order chi connectivity index (χ1) is 15.2. The van der Waals surface area contributed by atoms with Gasteiger partial charge in [0.15, 0.2) is 11.5 Å². The first-order valence-electron chi connectivity index (χ1n) is 11.8. The number of benzene rings is 1. The molecule has 5 aliphatic heterocycles. The Hall–Kier alpha value is -2.05. The third-order valence-corrected chi connectivity index (χ3v) is 10.1. The summed E-state index contributed by atoms with van der Waals surface area (Å²) in [5.41, 5.74) is 3.99. The van der Waals surface area contributed by atoms with Crippen LogP contribution in [0.25, 0.3) is 0 Å². The number of hydrogen-bond donors (Lipinski definition) is 0. The number of methoxy groups -OCH3 is 2. The SMILES string of the molecule is COc1cc2c(cc1OC)[C@]13CC[C@@H]4C[C@@H]1[C@H]1[C@H]5C(=CCO[C@@H]6CC(=O)N2[C@H]3[C@@H]56)CN41. The fourth-order valence-corrected chi connectivity index (χ4v) is 9.31. The number of carbonyl (C=O) groups excluding carboxylic acids is 1. The zero-order valence-electron chi connectivity index (χ0n) is 18.0. The number of ether oxygens (including phenoxy) is 3. The third-order valence-electron chi connectivity index (χ3n) is 10.1. The van der Waals surface area contributed by atoms with Gasteiger partial charge in [0.25, 0.3) is 0 Å². The Morgan fingerprint density at radius 3 is 2.87 bits per heavy atom. The lowest BCUT2D eigenvalue weighted by atomic mass is 9.48. The van der Waals surface area contributed by atoms with Crippen molar-refractivity contribution in [2.45, 2.75) is 55.3 Å². The molecule has 1 spiro atoms. The monoisotopic (exact) mass is 420 g/mol. The van der Waals surface area contributed by atoms with Crippen LogP contribution in [0, 0.1) is 17.8 Å². The molecule has 8 atom stereocenters. The van der Waals surface area contributed by atoms with E-state index in [1.807, 2.05) is 0 Å². The van der Waals surface area contributed by atoms with Crippen LogP contribution in [0.4, 0.5) is 5.69 Å². The molecule has 2 aliphatic carbocycles. The van der Waals surface area contributed by atoms with E-state index in [-0.39, 0.29) is 23.5 Å². The summed E-state index contributed by atoms with van der Waals surface area (Å²) in [5, 5.41) is 0. The van der Waals surface area contributed by atoms with Crippen molar-refractivity contribution >= 4 is 11.6 Å². The highest BCUT2D eigenvalue weighted by molar-refractivity contribution is 5.99. The van der Waals surface area contributed by atoms with Crippen LogP contribution in [0.15, 0.2) is 23.8 Å². The van der Waals surface area contributed by atoms with Crippen LogP contribution in [-0.4, -0.2) is 62.4 Å². The predicted molar refractivity (Wildman–Crippen MR) is 114 cm³/mol. The molecule has 31 heavy (non-hydrogen) atoms. The van der Waals surface area contributed by atoms with E-state index in [9.17, 15) is 4.79 Å². The smallest absolute Gasteiger partial charge is 0.229 e. The fourth-order valence-electron chi connectivity index (χ4n) is 9.31. The summed E-state index contributed by atoms with van der Waals surface area (Å²) in [6, 6.07) is 5.76. The Labute approximate surface area is 182 Å². The van der Waals surface area contributed by atoms with E-state index in [1.54, 1.807) is 19.8 Å². The van der Waals surface area contributed by atoms with Gasteiger partial charge < -0.3 is 19.1 Å². The normalized spacial score (nSPS) is 45.4. The van der Waals surface area contributed by atoms with Crippen molar-refractivity contribution in [1.82, 2.24) is 4.90 Å². The van der Waals surface area contributed by atoms with Crippen LogP contribution < -0.4 is 14.4 Å². The number of amides is 1. The lowest BCUT2D eigenvalue weighted by Gasteiger charge is -2.58. The van der Waals surface area contributed by atoms with Crippen LogP contribution in [0.5, 0.6) is 11.5 Å². The molecule has 0 radical (unpaired) electrons. The molecule has 5 heterocycles. The number of nitrogens with zero attached hydrogens (tertiary/aromatic N) is 2. The van der Waals surface area contributed by atoms with Gasteiger partial charge in [-0.05, 0) is 36.8 Å². The molecule has 6 heteroatoms. The molecule has 1 aromatic rings. The van der Waals surface area contributed by atoms with Gasteiger partial charge in [0.2, 0.25) is 5.91 Å². The lowest BCUT2D eigenvalue weighted by Crippen LogP contribution is -2.68. The summed E-state index contributed by atoms with van der Waals surface area (Å²) in [7, 11) is 3.39. The molecule has 3 saturated heterocycles. The van der Waals surface area contributed by atoms with Crippen molar-refractivity contribution in [3.8, 4) is 11.5 Å². The Kier molecular flexibility index (Phi) is 3.08. The van der Waals surface area contributed by atoms with Crippen LogP contribution in [-0.2, 0) is 14.9 Å². The van der Waals surface area contributed by atoms with Gasteiger partial charge in [0.05, 0.1) is 45.1 Å². The largest absolute Gasteiger partial charge is 0.493 e. The van der Waals surface area contributed by atoms with Gasteiger partial charge >= 0.3 is 0 Å². The fraction of sp³-hybridized carbons (Fsp3) is 0.640. The van der Waals surface area contributed by atoms with Gasteiger partial charge in [-0.1, -0.05) is 11.6 Å². The van der Waals surface area contributed by atoms with Crippen LogP contribution >= 0.6 is 0 Å². The van der Waals surface area contributed by atoms with Crippen molar-refractivity contribution in [2.24, 2.45) is 17.8 Å². The molecule has 5 fully saturated rings. The van der Waals surface area contributed by atoms with Crippen molar-refractivity contribution in [1.29, 1.82) is 0 Å². The summed E-state index contributed by atoms with van der Waals surface area (Å²) >= 11 is 0. The molecule has 6 nitrogen and oxygen atoms in total. The topological polar surface area (TPSA) is 51.2 Å². The second kappa shape index (κ2) is 5.46. The minimum absolute atomic E-state index is 0.00342. The average molecular weight is 421 g/mol. The molecule has 2 saturated carbocycles. The summed E-state index contributed by atoms with van der Waals surface area (Å²) in [6.45, 7) is 1.77. The molecule has 1 amide bonds. The highest BCUT2D eigenvalue weighted by atomic mass is 16.5. The Morgan fingerprint density at radius 2 is 2.03 bits per heavy atom. The minimum Gasteiger partial charge on any atom is -0.493 e. The predicted octanol–water partition coefficient (Wildman–Crippen LogP) is 2.50. The van der Waals surface area contributed by atoms with Gasteiger partial charge in [-0.25, -0.2) is 0 Å². The minimum atomic E-state index is 0.00342. The van der Waals surface area contributed by atoms with Gasteiger partial charge in [-0.2, -0.15) is 0 Å². The Morgan fingerprint density at radius 1 is 1.19 bits per heavy atom. The number of piperidine rings is 1. The second-order valence-corrected chi connectivity index (χ2v) is 10.6. The number of fused-ring (bicyclic) bond motifs is 4. The molecule has 0 unspecified atom stereocenters. The van der Waals surface area contributed by atoms with Gasteiger partial charge in [0, 0.05) is 41.9 Å². The number of rotatable bonds is 2. The van der Waals surface area contributed by atoms with E-state index in [2.05, 4.69) is 28.0 Å². The molecule has 8 rings (SSSR count). The highest BCUT2D eigenvalue weighted by Crippen LogP contribution is 2.71. The molecule has 162 valence electrons. The maximum atomic E-state index is 13.6. The average Bonchev–Trinajstić information content (AvgIpc) is 3.36. The van der Waals surface area contributed by atoms with E-state index >= 15 is 0 Å². The van der Waals surface area contributed by atoms with Gasteiger partial charge in [0.1, 0.15) is 0 Å². The van der Waals surface area contributed by atoms with Crippen molar-refractivity contribution in [3.05, 3.63) is 29.3 Å². The summed E-state index contributed by atoms with van der Waals surface area (Å²) in [6.07, 6.45) is 6.51. The number of hydrogen-bond acceptors (Lipinski definition) is 5. The Balaban J connectivity index is 1.44. The quantitative estimate of drug-likeness (QED) is 0.688. The summed E-state index contributed by atoms with van der Waals surface area (Å²) in [5.74, 6) is 3.21. The molecule has 2 bridgehead atoms. The summed E-state index contributed by atoms with van der Waals surface area (Å²) in [4.78, 5) is 18.7.